The number of methoxy groups -OCH3 is 1. The van der Waals surface area contributed by atoms with Crippen LogP contribution in [0.1, 0.15) is 51.3 Å². The van der Waals surface area contributed by atoms with E-state index in [0.717, 1.165) is 6.54 Å². The molecule has 1 amide bonds. The number of rotatable bonds is 7. The first-order valence-electron chi connectivity index (χ1n) is 10.4. The molecule has 3 heterocycles. The fourth-order valence-corrected chi connectivity index (χ4v) is 4.11. The predicted octanol–water partition coefficient (Wildman–Crippen LogP) is 2.69. The van der Waals surface area contributed by atoms with E-state index in [1.807, 2.05) is 19.0 Å². The number of hydrogen-bond donors (Lipinski definition) is 2. The third-order valence-electron chi connectivity index (χ3n) is 5.64. The first kappa shape index (κ1) is 23.3. The summed E-state index contributed by atoms with van der Waals surface area (Å²) in [5.41, 5.74) is 1.33. The van der Waals surface area contributed by atoms with Crippen LogP contribution in [0.5, 0.6) is 0 Å². The van der Waals surface area contributed by atoms with Crippen molar-refractivity contribution in [2.75, 3.05) is 34.3 Å². The van der Waals surface area contributed by atoms with E-state index in [0.29, 0.717) is 41.3 Å². The maximum absolute atomic E-state index is 13.1. The van der Waals surface area contributed by atoms with Crippen LogP contribution >= 0.6 is 0 Å². The van der Waals surface area contributed by atoms with E-state index in [1.165, 1.54) is 12.0 Å². The summed E-state index contributed by atoms with van der Waals surface area (Å²) in [4.78, 5) is 44.4. The maximum Gasteiger partial charge on any atom is 0.354 e. The van der Waals surface area contributed by atoms with E-state index < -0.39 is 23.7 Å². The zero-order chi connectivity index (χ0) is 23.7. The molecule has 2 aromatic rings. The first-order chi connectivity index (χ1) is 15.1. The van der Waals surface area contributed by atoms with Gasteiger partial charge in [-0.05, 0) is 65.5 Å². The highest BCUT2D eigenvalue weighted by Crippen LogP contribution is 2.41. The summed E-state index contributed by atoms with van der Waals surface area (Å²) in [7, 11) is 5.12. The molecule has 3 rings (SSSR count). The molecule has 0 bridgehead atoms. The minimum Gasteiger partial charge on any atom is -0.507 e. The fraction of sp³-hybridized carbons (Fsp3) is 0.435. The van der Waals surface area contributed by atoms with Gasteiger partial charge >= 0.3 is 5.97 Å². The highest BCUT2D eigenvalue weighted by atomic mass is 16.5. The van der Waals surface area contributed by atoms with Crippen LogP contribution in [0.2, 0.25) is 0 Å². The molecule has 32 heavy (non-hydrogen) atoms. The molecule has 1 aliphatic heterocycles. The number of likely N-dealkylation sites (tertiary alicyclic amines) is 1. The number of furan rings is 1. The van der Waals surface area contributed by atoms with Crippen molar-refractivity contribution in [2.45, 2.75) is 33.2 Å². The molecular weight excluding hydrogens is 414 g/mol. The highest BCUT2D eigenvalue weighted by molar-refractivity contribution is 6.46. The Morgan fingerprint density at radius 2 is 1.94 bits per heavy atom. The summed E-state index contributed by atoms with van der Waals surface area (Å²) in [6, 6.07) is 2.59. The average Bonchev–Trinajstić information content (AvgIpc) is 3.36. The molecule has 9 nitrogen and oxygen atoms in total. The van der Waals surface area contributed by atoms with Gasteiger partial charge in [0.15, 0.2) is 0 Å². The van der Waals surface area contributed by atoms with Crippen LogP contribution in [0.4, 0.5) is 0 Å². The van der Waals surface area contributed by atoms with Crippen LogP contribution in [0.25, 0.3) is 5.76 Å². The van der Waals surface area contributed by atoms with E-state index in [2.05, 4.69) is 4.98 Å². The number of H-pyrrole nitrogens is 1. The second-order valence-corrected chi connectivity index (χ2v) is 8.21. The predicted molar refractivity (Wildman–Crippen MR) is 117 cm³/mol. The SMILES string of the molecule is COC(=O)c1[nH]c(C)c(/C(O)=C2\C(=O)C(=O)N(CCCN(C)C)[C@H]2c2ccc(C)o2)c1C. The number of esters is 1. The molecule has 1 aliphatic rings. The molecule has 0 aromatic carbocycles. The Hall–Kier alpha value is -3.33. The molecule has 0 aliphatic carbocycles. The van der Waals surface area contributed by atoms with Gasteiger partial charge in [0.25, 0.3) is 11.7 Å². The van der Waals surface area contributed by atoms with Crippen LogP contribution in [0.15, 0.2) is 22.1 Å². The lowest BCUT2D eigenvalue weighted by atomic mass is 9.97. The summed E-state index contributed by atoms with van der Waals surface area (Å²) in [5.74, 6) is -1.40. The number of aliphatic hydroxyl groups is 1. The van der Waals surface area contributed by atoms with Gasteiger partial charge in [-0.25, -0.2) is 4.79 Å². The minimum atomic E-state index is -0.860. The number of ketones is 1. The number of aromatic amines is 1. The molecule has 172 valence electrons. The monoisotopic (exact) mass is 443 g/mol. The topological polar surface area (TPSA) is 116 Å². The third kappa shape index (κ3) is 4.08. The fourth-order valence-electron chi connectivity index (χ4n) is 4.11. The molecule has 0 saturated carbocycles. The number of carbonyl (C=O) groups excluding carboxylic acids is 3. The van der Waals surface area contributed by atoms with Gasteiger partial charge in [-0.3, -0.25) is 9.59 Å². The number of Topliss-reactive ketones (excluding diaryl/α,β-unsaturated/α-hetero) is 1. The smallest absolute Gasteiger partial charge is 0.354 e. The van der Waals surface area contributed by atoms with Crippen LogP contribution < -0.4 is 0 Å². The van der Waals surface area contributed by atoms with Gasteiger partial charge < -0.3 is 29.0 Å². The molecule has 2 N–H and O–H groups in total. The van der Waals surface area contributed by atoms with E-state index in [1.54, 1.807) is 32.9 Å². The Kier molecular flexibility index (Phi) is 6.59. The van der Waals surface area contributed by atoms with Crippen LogP contribution in [0, 0.1) is 20.8 Å². The van der Waals surface area contributed by atoms with Crippen molar-refractivity contribution in [1.82, 2.24) is 14.8 Å². The quantitative estimate of drug-likeness (QED) is 0.292. The zero-order valence-electron chi connectivity index (χ0n) is 19.2. The van der Waals surface area contributed by atoms with E-state index >= 15 is 0 Å². The number of amides is 1. The molecule has 0 radical (unpaired) electrons. The third-order valence-corrected chi connectivity index (χ3v) is 5.64. The Labute approximate surface area is 186 Å². The summed E-state index contributed by atoms with van der Waals surface area (Å²) < 4.78 is 10.6. The van der Waals surface area contributed by atoms with Crippen molar-refractivity contribution in [3.63, 3.8) is 0 Å². The van der Waals surface area contributed by atoms with Crippen molar-refractivity contribution in [1.29, 1.82) is 0 Å². The van der Waals surface area contributed by atoms with E-state index in [9.17, 15) is 19.5 Å². The number of nitrogens with zero attached hydrogens (tertiary/aromatic N) is 2. The van der Waals surface area contributed by atoms with Gasteiger partial charge in [0.05, 0.1) is 12.7 Å². The standard InChI is InChI=1S/C23H29N3O6/c1-12-8-9-15(32-12)19-17(21(28)22(29)26(19)11-7-10-25(4)5)20(27)16-13(2)18(23(30)31-6)24-14(16)3/h8-9,19,24,27H,7,10-11H2,1-6H3/b20-17+/t19-/m0/s1. The number of hydrogen-bond acceptors (Lipinski definition) is 7. The Morgan fingerprint density at radius 3 is 2.50 bits per heavy atom. The van der Waals surface area contributed by atoms with Gasteiger partial charge in [0, 0.05) is 17.8 Å². The molecule has 1 atom stereocenters. The number of aliphatic hydroxyl groups excluding tert-OH is 1. The molecule has 1 fully saturated rings. The lowest BCUT2D eigenvalue weighted by molar-refractivity contribution is -0.140. The number of aromatic nitrogens is 1. The maximum atomic E-state index is 13.1. The number of ether oxygens (including phenoxy) is 1. The molecule has 1 saturated heterocycles. The average molecular weight is 444 g/mol. The van der Waals surface area contributed by atoms with Crippen LogP contribution in [-0.2, 0) is 14.3 Å². The largest absolute Gasteiger partial charge is 0.507 e. The van der Waals surface area contributed by atoms with Gasteiger partial charge in [-0.1, -0.05) is 0 Å². The lowest BCUT2D eigenvalue weighted by Gasteiger charge is -2.24. The highest BCUT2D eigenvalue weighted by Gasteiger charge is 2.47. The van der Waals surface area contributed by atoms with Crippen molar-refractivity contribution in [3.8, 4) is 0 Å². The molecule has 9 heteroatoms. The Morgan fingerprint density at radius 1 is 1.25 bits per heavy atom. The second kappa shape index (κ2) is 9.04. The van der Waals surface area contributed by atoms with Crippen molar-refractivity contribution in [2.24, 2.45) is 0 Å². The first-order valence-corrected chi connectivity index (χ1v) is 10.4. The summed E-state index contributed by atoms with van der Waals surface area (Å²) in [6.07, 6.45) is 0.644. The van der Waals surface area contributed by atoms with E-state index in [-0.39, 0.29) is 17.0 Å². The van der Waals surface area contributed by atoms with Crippen LogP contribution in [-0.4, -0.2) is 71.8 Å². The summed E-state index contributed by atoms with van der Waals surface area (Å²) in [6.45, 7) is 6.14. The van der Waals surface area contributed by atoms with Crippen molar-refractivity contribution >= 4 is 23.4 Å². The van der Waals surface area contributed by atoms with Gasteiger partial charge in [0.2, 0.25) is 0 Å². The van der Waals surface area contributed by atoms with Gasteiger partial charge in [-0.2, -0.15) is 0 Å². The second-order valence-electron chi connectivity index (χ2n) is 8.21. The van der Waals surface area contributed by atoms with Crippen molar-refractivity contribution < 1.29 is 28.6 Å². The van der Waals surface area contributed by atoms with E-state index in [4.69, 9.17) is 9.15 Å². The Bertz CT molecular complexity index is 1090. The normalized spacial score (nSPS) is 18.1. The van der Waals surface area contributed by atoms with Crippen LogP contribution in [0.3, 0.4) is 0 Å². The Balaban J connectivity index is 2.15. The molecule has 2 aromatic heterocycles. The van der Waals surface area contributed by atoms with Crippen molar-refractivity contribution in [3.05, 3.63) is 51.7 Å². The summed E-state index contributed by atoms with van der Waals surface area (Å²) >= 11 is 0. The summed E-state index contributed by atoms with van der Waals surface area (Å²) in [5, 5.41) is 11.3. The minimum absolute atomic E-state index is 0.0594. The zero-order valence-corrected chi connectivity index (χ0v) is 19.2. The number of carbonyl (C=O) groups is 3. The number of nitrogens with one attached hydrogen (secondary N) is 1. The lowest BCUT2D eigenvalue weighted by Crippen LogP contribution is -2.32. The number of aryl methyl sites for hydroxylation is 2. The molecule has 0 unspecified atom stereocenters. The van der Waals surface area contributed by atoms with Gasteiger partial charge in [0.1, 0.15) is 29.0 Å². The molecular formula is C23H29N3O6. The van der Waals surface area contributed by atoms with Gasteiger partial charge in [-0.15, -0.1) is 0 Å². The molecule has 0 spiro atoms.